The average Bonchev–Trinajstić information content (AvgIpc) is 3.35. The van der Waals surface area contributed by atoms with Gasteiger partial charge in [0.25, 0.3) is 5.56 Å². The third kappa shape index (κ3) is 6.59. The topological polar surface area (TPSA) is 162 Å². The van der Waals surface area contributed by atoms with E-state index in [1.165, 1.54) is 17.5 Å². The van der Waals surface area contributed by atoms with Gasteiger partial charge in [-0.3, -0.25) is 24.3 Å². The second kappa shape index (κ2) is 11.5. The highest BCUT2D eigenvalue weighted by molar-refractivity contribution is 7.13. The number of amides is 3. The van der Waals surface area contributed by atoms with Crippen LogP contribution < -0.4 is 21.9 Å². The number of thiophene rings is 1. The van der Waals surface area contributed by atoms with E-state index in [1.807, 2.05) is 6.07 Å². The molecule has 4 N–H and O–H groups in total. The van der Waals surface area contributed by atoms with Gasteiger partial charge in [-0.25, -0.2) is 9.78 Å². The van der Waals surface area contributed by atoms with Gasteiger partial charge in [0.05, 0.1) is 23.5 Å². The highest BCUT2D eigenvalue weighted by Crippen LogP contribution is 2.22. The first-order chi connectivity index (χ1) is 16.4. The number of aromatic nitrogens is 2. The molecule has 0 bridgehead atoms. The molecular weight excluding hydrogens is 462 g/mol. The third-order valence-electron chi connectivity index (χ3n) is 4.47. The molecule has 1 atom stereocenters. The minimum Gasteiger partial charge on any atom is -0.444 e. The third-order valence-corrected chi connectivity index (χ3v) is 5.34. The van der Waals surface area contributed by atoms with Crippen molar-refractivity contribution in [2.45, 2.75) is 25.6 Å². The number of nitrogens with one attached hydrogen (secondary N) is 2. The molecule has 3 rings (SSSR count). The fraction of sp³-hybridized carbons (Fsp3) is 0.182. The van der Waals surface area contributed by atoms with Crippen molar-refractivity contribution in [3.05, 3.63) is 70.0 Å². The Morgan fingerprint density at radius 1 is 1.18 bits per heavy atom. The highest BCUT2D eigenvalue weighted by atomic mass is 32.1. The van der Waals surface area contributed by atoms with Gasteiger partial charge in [0, 0.05) is 0 Å². The first-order valence-electron chi connectivity index (χ1n) is 10.0. The number of rotatable bonds is 10. The Morgan fingerprint density at radius 2 is 1.94 bits per heavy atom. The van der Waals surface area contributed by atoms with Gasteiger partial charge >= 0.3 is 6.09 Å². The van der Waals surface area contributed by atoms with E-state index in [4.69, 9.17) is 10.5 Å². The van der Waals surface area contributed by atoms with Crippen molar-refractivity contribution in [2.24, 2.45) is 5.73 Å². The summed E-state index contributed by atoms with van der Waals surface area (Å²) in [6.45, 7) is -0.520. The quantitative estimate of drug-likeness (QED) is 0.366. The molecule has 0 radical (unpaired) electrons. The molecule has 3 aromatic rings. The standard InChI is InChI=1S/C22H21N5O6S/c23-18(29)9-15(12-28)25-19(30)11-27-20(17-7-4-8-34-17)24-10-16(21(27)31)26-22(32)33-13-14-5-2-1-3-6-14/h1-8,10,12,15H,9,11,13H2,(H2,23,29)(H,25,30)(H,26,32)/t15-/m0/s1. The molecule has 0 unspecified atom stereocenters. The molecule has 0 aliphatic rings. The normalized spacial score (nSPS) is 11.3. The van der Waals surface area contributed by atoms with Crippen LogP contribution in [0.25, 0.3) is 10.7 Å². The van der Waals surface area contributed by atoms with Crippen molar-refractivity contribution in [1.82, 2.24) is 14.9 Å². The van der Waals surface area contributed by atoms with Crippen molar-refractivity contribution in [2.75, 3.05) is 5.32 Å². The number of benzene rings is 1. The molecule has 0 aliphatic carbocycles. The van der Waals surface area contributed by atoms with Gasteiger partial charge in [-0.15, -0.1) is 11.3 Å². The molecule has 0 spiro atoms. The van der Waals surface area contributed by atoms with Gasteiger partial charge < -0.3 is 20.6 Å². The van der Waals surface area contributed by atoms with Crippen LogP contribution in [0.15, 0.2) is 58.8 Å². The molecule has 2 heterocycles. The molecule has 2 aromatic heterocycles. The maximum atomic E-state index is 13.1. The second-order valence-corrected chi connectivity index (χ2v) is 7.98. The number of carbonyl (C=O) groups excluding carboxylic acids is 4. The molecule has 0 aliphatic heterocycles. The molecule has 3 amide bonds. The molecule has 0 saturated heterocycles. The Bertz CT molecular complexity index is 1230. The summed E-state index contributed by atoms with van der Waals surface area (Å²) in [6.07, 6.45) is 0.307. The summed E-state index contributed by atoms with van der Waals surface area (Å²) < 4.78 is 6.18. The number of anilines is 1. The van der Waals surface area contributed by atoms with E-state index in [1.54, 1.807) is 41.8 Å². The summed E-state index contributed by atoms with van der Waals surface area (Å²) in [4.78, 5) is 64.8. The SMILES string of the molecule is NC(=O)C[C@@H](C=O)NC(=O)Cn1c(-c2cccs2)ncc(NC(=O)OCc2ccccc2)c1=O. The fourth-order valence-corrected chi connectivity index (χ4v) is 3.67. The highest BCUT2D eigenvalue weighted by Gasteiger charge is 2.20. The van der Waals surface area contributed by atoms with Crippen LogP contribution >= 0.6 is 11.3 Å². The number of hydrogen-bond donors (Lipinski definition) is 3. The predicted octanol–water partition coefficient (Wildman–Crippen LogP) is 1.28. The molecule has 12 heteroatoms. The van der Waals surface area contributed by atoms with Crippen LogP contribution in [0.4, 0.5) is 10.5 Å². The number of aldehydes is 1. The summed E-state index contributed by atoms with van der Waals surface area (Å²) in [5.74, 6) is -1.30. The van der Waals surface area contributed by atoms with Crippen molar-refractivity contribution in [1.29, 1.82) is 0 Å². The van der Waals surface area contributed by atoms with Gasteiger partial charge in [-0.05, 0) is 17.0 Å². The molecule has 0 fully saturated rings. The van der Waals surface area contributed by atoms with E-state index in [-0.39, 0.29) is 24.5 Å². The zero-order valence-electron chi connectivity index (χ0n) is 17.8. The molecule has 11 nitrogen and oxygen atoms in total. The largest absolute Gasteiger partial charge is 0.444 e. The van der Waals surface area contributed by atoms with E-state index >= 15 is 0 Å². The van der Waals surface area contributed by atoms with E-state index in [9.17, 15) is 24.0 Å². The molecule has 0 saturated carbocycles. The number of primary amides is 1. The van der Waals surface area contributed by atoms with Gasteiger partial charge in [0.1, 0.15) is 25.1 Å². The van der Waals surface area contributed by atoms with Crippen molar-refractivity contribution in [3.8, 4) is 10.7 Å². The van der Waals surface area contributed by atoms with Crippen LogP contribution in [0.1, 0.15) is 12.0 Å². The predicted molar refractivity (Wildman–Crippen MR) is 124 cm³/mol. The molecule has 176 valence electrons. The molecule has 1 aromatic carbocycles. The summed E-state index contributed by atoms with van der Waals surface area (Å²) in [5.41, 5.74) is 4.93. The van der Waals surface area contributed by atoms with E-state index in [0.29, 0.717) is 11.2 Å². The maximum absolute atomic E-state index is 13.1. The van der Waals surface area contributed by atoms with E-state index < -0.39 is 36.1 Å². The lowest BCUT2D eigenvalue weighted by Crippen LogP contribution is -2.42. The number of nitrogens with two attached hydrogens (primary N) is 1. The number of nitrogens with zero attached hydrogens (tertiary/aromatic N) is 2. The average molecular weight is 484 g/mol. The Labute approximate surface area is 197 Å². The van der Waals surface area contributed by atoms with E-state index in [0.717, 1.165) is 10.1 Å². The van der Waals surface area contributed by atoms with Crippen LogP contribution in [0.3, 0.4) is 0 Å². The van der Waals surface area contributed by atoms with Gasteiger partial charge in [-0.1, -0.05) is 36.4 Å². The summed E-state index contributed by atoms with van der Waals surface area (Å²) in [5, 5.41) is 6.46. The fourth-order valence-electron chi connectivity index (χ4n) is 2.94. The van der Waals surface area contributed by atoms with Gasteiger partial charge in [-0.2, -0.15) is 0 Å². The lowest BCUT2D eigenvalue weighted by Gasteiger charge is -2.15. The molecular formula is C22H21N5O6S. The molecule has 34 heavy (non-hydrogen) atoms. The van der Waals surface area contributed by atoms with Crippen molar-refractivity contribution in [3.63, 3.8) is 0 Å². The number of hydrogen-bond acceptors (Lipinski definition) is 8. The minimum absolute atomic E-state index is 0.00305. The summed E-state index contributed by atoms with van der Waals surface area (Å²) >= 11 is 1.29. The van der Waals surface area contributed by atoms with Crippen LogP contribution in [0.5, 0.6) is 0 Å². The Morgan fingerprint density at radius 3 is 2.59 bits per heavy atom. The smallest absolute Gasteiger partial charge is 0.412 e. The van der Waals surface area contributed by atoms with E-state index in [2.05, 4.69) is 15.6 Å². The second-order valence-electron chi connectivity index (χ2n) is 7.03. The zero-order chi connectivity index (χ0) is 24.5. The lowest BCUT2D eigenvalue weighted by atomic mass is 10.2. The minimum atomic E-state index is -1.13. The van der Waals surface area contributed by atoms with Crippen LogP contribution in [-0.2, 0) is 32.3 Å². The summed E-state index contributed by atoms with van der Waals surface area (Å²) in [6, 6.07) is 11.3. The Kier molecular flexibility index (Phi) is 8.24. The Balaban J connectivity index is 1.80. The van der Waals surface area contributed by atoms with Crippen LogP contribution in [0, 0.1) is 0 Å². The van der Waals surface area contributed by atoms with Crippen molar-refractivity contribution >= 4 is 41.2 Å². The maximum Gasteiger partial charge on any atom is 0.412 e. The first kappa shape index (κ1) is 24.3. The zero-order valence-corrected chi connectivity index (χ0v) is 18.6. The lowest BCUT2D eigenvalue weighted by molar-refractivity contribution is -0.126. The van der Waals surface area contributed by atoms with Gasteiger partial charge in [0.2, 0.25) is 11.8 Å². The monoisotopic (exact) mass is 483 g/mol. The van der Waals surface area contributed by atoms with Crippen LogP contribution in [-0.4, -0.2) is 39.8 Å². The van der Waals surface area contributed by atoms with Gasteiger partial charge in [0.15, 0.2) is 5.82 Å². The number of carbonyl (C=O) groups is 4. The Hall–Kier alpha value is -4.32. The number of ether oxygens (including phenoxy) is 1. The van der Waals surface area contributed by atoms with Crippen molar-refractivity contribution < 1.29 is 23.9 Å². The van der Waals surface area contributed by atoms with Crippen LogP contribution in [0.2, 0.25) is 0 Å². The summed E-state index contributed by atoms with van der Waals surface area (Å²) in [7, 11) is 0. The first-order valence-corrected chi connectivity index (χ1v) is 10.9.